The molecule has 1 fully saturated rings. The fourth-order valence-electron chi connectivity index (χ4n) is 4.34. The Bertz CT molecular complexity index is 837. The molecule has 1 spiro atoms. The van der Waals surface area contributed by atoms with Crippen LogP contribution in [-0.4, -0.2) is 45.8 Å². The summed E-state index contributed by atoms with van der Waals surface area (Å²) in [6, 6.07) is 8.77. The zero-order chi connectivity index (χ0) is 19.7. The first-order chi connectivity index (χ1) is 13.5. The van der Waals surface area contributed by atoms with Crippen LogP contribution in [0.4, 0.5) is 0 Å². The summed E-state index contributed by atoms with van der Waals surface area (Å²) < 4.78 is 8.34. The van der Waals surface area contributed by atoms with Gasteiger partial charge < -0.3 is 15.0 Å². The maximum absolute atomic E-state index is 12.9. The van der Waals surface area contributed by atoms with Gasteiger partial charge in [0.1, 0.15) is 11.4 Å². The summed E-state index contributed by atoms with van der Waals surface area (Å²) in [6.45, 7) is 5.82. The lowest BCUT2D eigenvalue weighted by Crippen LogP contribution is -2.51. The van der Waals surface area contributed by atoms with E-state index in [4.69, 9.17) is 4.74 Å². The average Bonchev–Trinajstić information content (AvgIpc) is 3.12. The monoisotopic (exact) mass is 382 g/mol. The molecule has 1 amide bonds. The minimum Gasteiger partial charge on any atom is -0.486 e. The van der Waals surface area contributed by atoms with Crippen molar-refractivity contribution in [2.24, 2.45) is 0 Å². The molecule has 1 aromatic carbocycles. The number of nitrogens with zero attached hydrogens (tertiary/aromatic N) is 3. The number of aromatic nitrogens is 2. The largest absolute Gasteiger partial charge is 0.486 e. The van der Waals surface area contributed by atoms with E-state index < -0.39 is 0 Å². The highest BCUT2D eigenvalue weighted by atomic mass is 16.5. The molecule has 0 bridgehead atoms. The molecule has 0 saturated heterocycles. The highest BCUT2D eigenvalue weighted by Gasteiger charge is 2.40. The lowest BCUT2D eigenvalue weighted by atomic mass is 9.81. The summed E-state index contributed by atoms with van der Waals surface area (Å²) in [7, 11) is 1.92. The minimum atomic E-state index is -0.171. The van der Waals surface area contributed by atoms with Gasteiger partial charge in [0, 0.05) is 44.0 Å². The van der Waals surface area contributed by atoms with Gasteiger partial charge in [0.2, 0.25) is 0 Å². The summed E-state index contributed by atoms with van der Waals surface area (Å²) in [5, 5.41) is 7.86. The first-order valence-electron chi connectivity index (χ1n) is 10.3. The van der Waals surface area contributed by atoms with Gasteiger partial charge in [-0.25, -0.2) is 0 Å². The topological polar surface area (TPSA) is 59.4 Å². The van der Waals surface area contributed by atoms with Crippen LogP contribution in [0.1, 0.15) is 61.5 Å². The summed E-state index contributed by atoms with van der Waals surface area (Å²) >= 11 is 0. The van der Waals surface area contributed by atoms with Gasteiger partial charge in [0.25, 0.3) is 5.91 Å². The van der Waals surface area contributed by atoms with E-state index in [-0.39, 0.29) is 23.6 Å². The lowest BCUT2D eigenvalue weighted by Gasteiger charge is -2.42. The Labute approximate surface area is 166 Å². The Morgan fingerprint density at radius 1 is 1.32 bits per heavy atom. The highest BCUT2D eigenvalue weighted by molar-refractivity contribution is 5.93. The normalized spacial score (nSPS) is 24.5. The van der Waals surface area contributed by atoms with Gasteiger partial charge in [-0.3, -0.25) is 9.48 Å². The zero-order valence-corrected chi connectivity index (χ0v) is 17.0. The van der Waals surface area contributed by atoms with Crippen LogP contribution < -0.4 is 10.1 Å². The number of para-hydroxylation sites is 1. The van der Waals surface area contributed by atoms with E-state index in [0.717, 1.165) is 44.5 Å². The van der Waals surface area contributed by atoms with Gasteiger partial charge in [-0.15, -0.1) is 0 Å². The van der Waals surface area contributed by atoms with Crippen LogP contribution in [0.25, 0.3) is 0 Å². The minimum absolute atomic E-state index is 0.0538. The van der Waals surface area contributed by atoms with E-state index >= 15 is 0 Å². The molecule has 2 aliphatic rings. The van der Waals surface area contributed by atoms with Crippen molar-refractivity contribution in [1.82, 2.24) is 20.0 Å². The van der Waals surface area contributed by atoms with E-state index in [1.165, 1.54) is 5.56 Å². The molecule has 1 aliphatic carbocycles. The predicted molar refractivity (Wildman–Crippen MR) is 108 cm³/mol. The first kappa shape index (κ1) is 19.0. The maximum atomic E-state index is 12.9. The molecule has 28 heavy (non-hydrogen) atoms. The highest BCUT2D eigenvalue weighted by Crippen LogP contribution is 2.37. The van der Waals surface area contributed by atoms with Gasteiger partial charge >= 0.3 is 0 Å². The summed E-state index contributed by atoms with van der Waals surface area (Å²) in [5.41, 5.74) is 1.71. The van der Waals surface area contributed by atoms with Gasteiger partial charge in [-0.2, -0.15) is 5.10 Å². The van der Waals surface area contributed by atoms with Crippen molar-refractivity contribution in [1.29, 1.82) is 0 Å². The van der Waals surface area contributed by atoms with Crippen LogP contribution in [0.2, 0.25) is 0 Å². The van der Waals surface area contributed by atoms with Gasteiger partial charge in [0.05, 0.1) is 11.8 Å². The molecule has 0 radical (unpaired) electrons. The zero-order valence-electron chi connectivity index (χ0n) is 17.0. The van der Waals surface area contributed by atoms with Crippen molar-refractivity contribution in [3.8, 4) is 5.75 Å². The molecule has 2 aromatic rings. The maximum Gasteiger partial charge on any atom is 0.257 e. The Balaban J connectivity index is 1.41. The molecule has 1 aliphatic heterocycles. The number of carbonyl (C=O) groups is 1. The number of ether oxygens (including phenoxy) is 1. The van der Waals surface area contributed by atoms with Crippen molar-refractivity contribution in [2.75, 3.05) is 13.6 Å². The summed E-state index contributed by atoms with van der Waals surface area (Å²) in [5.74, 6) is 1.05. The van der Waals surface area contributed by atoms with Gasteiger partial charge in [-0.05, 0) is 45.6 Å². The molecule has 150 valence electrons. The number of benzene rings is 1. The van der Waals surface area contributed by atoms with Crippen LogP contribution in [-0.2, 0) is 6.54 Å². The molecule has 6 heteroatoms. The van der Waals surface area contributed by atoms with Crippen molar-refractivity contribution in [3.05, 3.63) is 47.8 Å². The van der Waals surface area contributed by atoms with Crippen molar-refractivity contribution in [3.63, 3.8) is 0 Å². The number of nitrogens with one attached hydrogen (secondary N) is 1. The SMILES string of the molecule is CC(C)n1cc(C(=O)N(C)C2CCC3(CC2)CNCc2ccccc2O3)cn1. The van der Waals surface area contributed by atoms with E-state index in [0.29, 0.717) is 5.56 Å². The second-order valence-electron chi connectivity index (χ2n) is 8.45. The molecule has 1 saturated carbocycles. The Morgan fingerprint density at radius 2 is 2.07 bits per heavy atom. The van der Waals surface area contributed by atoms with Crippen LogP contribution in [0.3, 0.4) is 0 Å². The standard InChI is InChI=1S/C22H30N4O2/c1-16(2)26-14-18(13-24-26)21(27)25(3)19-8-10-22(11-9-19)15-23-12-17-6-4-5-7-20(17)28-22/h4-7,13-14,16,19,23H,8-12,15H2,1-3H3. The lowest BCUT2D eigenvalue weighted by molar-refractivity contribution is 0.0102. The van der Waals surface area contributed by atoms with Crippen LogP contribution >= 0.6 is 0 Å². The number of hydrogen-bond acceptors (Lipinski definition) is 4. The molecule has 1 aromatic heterocycles. The number of rotatable bonds is 3. The fraction of sp³-hybridized carbons (Fsp3) is 0.545. The summed E-state index contributed by atoms with van der Waals surface area (Å²) in [6.07, 6.45) is 7.32. The number of fused-ring (bicyclic) bond motifs is 1. The predicted octanol–water partition coefficient (Wildman–Crippen LogP) is 3.40. The van der Waals surface area contributed by atoms with Crippen molar-refractivity contribution in [2.45, 2.75) is 63.8 Å². The third kappa shape index (κ3) is 3.65. The number of carbonyl (C=O) groups excluding carboxylic acids is 1. The first-order valence-corrected chi connectivity index (χ1v) is 10.3. The number of hydrogen-bond donors (Lipinski definition) is 1. The van der Waals surface area contributed by atoms with E-state index in [2.05, 4.69) is 42.5 Å². The third-order valence-electron chi connectivity index (χ3n) is 6.17. The van der Waals surface area contributed by atoms with E-state index in [1.54, 1.807) is 6.20 Å². The van der Waals surface area contributed by atoms with Crippen LogP contribution in [0.5, 0.6) is 5.75 Å². The average molecular weight is 383 g/mol. The van der Waals surface area contributed by atoms with Crippen LogP contribution in [0, 0.1) is 0 Å². The Hall–Kier alpha value is -2.34. The molecular formula is C22H30N4O2. The smallest absolute Gasteiger partial charge is 0.257 e. The molecule has 1 N–H and O–H groups in total. The molecule has 2 heterocycles. The summed E-state index contributed by atoms with van der Waals surface area (Å²) in [4.78, 5) is 14.8. The fourth-order valence-corrected chi connectivity index (χ4v) is 4.34. The van der Waals surface area contributed by atoms with Gasteiger partial charge in [0.15, 0.2) is 0 Å². The molecule has 6 nitrogen and oxygen atoms in total. The molecular weight excluding hydrogens is 352 g/mol. The second-order valence-corrected chi connectivity index (χ2v) is 8.45. The second kappa shape index (κ2) is 7.59. The van der Waals surface area contributed by atoms with E-state index in [1.807, 2.05) is 28.9 Å². The van der Waals surface area contributed by atoms with Crippen LogP contribution in [0.15, 0.2) is 36.7 Å². The molecule has 4 rings (SSSR count). The molecule has 0 unspecified atom stereocenters. The Kier molecular flexibility index (Phi) is 5.15. The third-order valence-corrected chi connectivity index (χ3v) is 6.17. The van der Waals surface area contributed by atoms with Crippen molar-refractivity contribution >= 4 is 5.91 Å². The number of amides is 1. The van der Waals surface area contributed by atoms with Gasteiger partial charge in [-0.1, -0.05) is 18.2 Å². The van der Waals surface area contributed by atoms with E-state index in [9.17, 15) is 4.79 Å². The Morgan fingerprint density at radius 3 is 2.79 bits per heavy atom. The van der Waals surface area contributed by atoms with Crippen molar-refractivity contribution < 1.29 is 9.53 Å². The molecule has 0 atom stereocenters. The quantitative estimate of drug-likeness (QED) is 0.884.